The summed E-state index contributed by atoms with van der Waals surface area (Å²) in [5.41, 5.74) is 5.74. The quantitative estimate of drug-likeness (QED) is 0.554. The van der Waals surface area contributed by atoms with Crippen LogP contribution in [0.2, 0.25) is 0 Å². The molecule has 4 aromatic rings. The highest BCUT2D eigenvalue weighted by molar-refractivity contribution is 7.22. The number of nitrogens with one attached hydrogen (secondary N) is 1. The predicted octanol–water partition coefficient (Wildman–Crippen LogP) is 5.02. The molecule has 1 amide bonds. The molecular formula is C20H17N3OS. The second kappa shape index (κ2) is 5.93. The van der Waals surface area contributed by atoms with E-state index in [9.17, 15) is 4.79 Å². The van der Waals surface area contributed by atoms with Crippen molar-refractivity contribution in [3.05, 3.63) is 64.8 Å². The van der Waals surface area contributed by atoms with Gasteiger partial charge in [0.15, 0.2) is 5.13 Å². The molecule has 0 saturated heterocycles. The van der Waals surface area contributed by atoms with E-state index in [0.29, 0.717) is 10.7 Å². The van der Waals surface area contributed by atoms with Gasteiger partial charge in [-0.15, -0.1) is 0 Å². The Labute approximate surface area is 149 Å². The lowest BCUT2D eigenvalue weighted by atomic mass is 10.1. The topological polar surface area (TPSA) is 54.9 Å². The van der Waals surface area contributed by atoms with Crippen LogP contribution in [0.3, 0.4) is 0 Å². The van der Waals surface area contributed by atoms with Gasteiger partial charge >= 0.3 is 0 Å². The Balaban J connectivity index is 1.65. The van der Waals surface area contributed by atoms with Crippen LogP contribution < -0.4 is 5.32 Å². The average Bonchev–Trinajstić information content (AvgIpc) is 2.97. The maximum Gasteiger partial charge on any atom is 0.257 e. The molecule has 25 heavy (non-hydrogen) atoms. The first-order valence-corrected chi connectivity index (χ1v) is 8.88. The summed E-state index contributed by atoms with van der Waals surface area (Å²) in [7, 11) is 0. The summed E-state index contributed by atoms with van der Waals surface area (Å²) >= 11 is 1.51. The Bertz CT molecular complexity index is 1130. The zero-order valence-corrected chi connectivity index (χ0v) is 15.1. The molecule has 0 radical (unpaired) electrons. The van der Waals surface area contributed by atoms with Crippen molar-refractivity contribution in [1.82, 2.24) is 9.97 Å². The molecule has 124 valence electrons. The maximum absolute atomic E-state index is 12.6. The second-order valence-corrected chi connectivity index (χ2v) is 7.26. The Kier molecular flexibility index (Phi) is 3.73. The van der Waals surface area contributed by atoms with Gasteiger partial charge in [-0.25, -0.2) is 4.98 Å². The smallest absolute Gasteiger partial charge is 0.257 e. The van der Waals surface area contributed by atoms with Crippen molar-refractivity contribution in [1.29, 1.82) is 0 Å². The lowest BCUT2D eigenvalue weighted by molar-refractivity contribution is 0.102. The number of benzene rings is 2. The van der Waals surface area contributed by atoms with Gasteiger partial charge in [-0.05, 0) is 62.2 Å². The monoisotopic (exact) mass is 347 g/mol. The summed E-state index contributed by atoms with van der Waals surface area (Å²) in [6, 6.07) is 13.6. The lowest BCUT2D eigenvalue weighted by Gasteiger charge is -2.04. The number of aromatic nitrogens is 2. The van der Waals surface area contributed by atoms with E-state index in [1.54, 1.807) is 6.07 Å². The Hall–Kier alpha value is -2.79. The van der Waals surface area contributed by atoms with Crippen molar-refractivity contribution in [2.75, 3.05) is 5.32 Å². The van der Waals surface area contributed by atoms with E-state index in [0.717, 1.165) is 26.8 Å². The number of pyridine rings is 1. The van der Waals surface area contributed by atoms with Crippen molar-refractivity contribution in [3.63, 3.8) is 0 Å². The number of thiazole rings is 1. The summed E-state index contributed by atoms with van der Waals surface area (Å²) in [6.45, 7) is 6.07. The first-order valence-electron chi connectivity index (χ1n) is 8.06. The first kappa shape index (κ1) is 15.7. The molecule has 4 rings (SSSR count). The van der Waals surface area contributed by atoms with E-state index < -0.39 is 0 Å². The Morgan fingerprint density at radius 1 is 0.960 bits per heavy atom. The molecule has 1 N–H and O–H groups in total. The van der Waals surface area contributed by atoms with Gasteiger partial charge in [0.25, 0.3) is 5.91 Å². The van der Waals surface area contributed by atoms with Crippen LogP contribution in [0.1, 0.15) is 27.2 Å². The fourth-order valence-electron chi connectivity index (χ4n) is 2.97. The number of anilines is 1. The van der Waals surface area contributed by atoms with Gasteiger partial charge in [0.05, 0.1) is 15.7 Å². The van der Waals surface area contributed by atoms with Crippen LogP contribution in [-0.4, -0.2) is 15.9 Å². The minimum atomic E-state index is -0.157. The van der Waals surface area contributed by atoms with E-state index in [-0.39, 0.29) is 5.91 Å². The zero-order chi connectivity index (χ0) is 17.6. The minimum absolute atomic E-state index is 0.157. The average molecular weight is 347 g/mol. The predicted molar refractivity (Wildman–Crippen MR) is 104 cm³/mol. The van der Waals surface area contributed by atoms with Crippen LogP contribution in [0.25, 0.3) is 21.1 Å². The summed E-state index contributed by atoms with van der Waals surface area (Å²) < 4.78 is 1.11. The van der Waals surface area contributed by atoms with Gasteiger partial charge in [-0.3, -0.25) is 15.1 Å². The zero-order valence-electron chi connectivity index (χ0n) is 14.3. The van der Waals surface area contributed by atoms with Crippen LogP contribution >= 0.6 is 11.3 Å². The van der Waals surface area contributed by atoms with Crippen molar-refractivity contribution in [2.45, 2.75) is 20.8 Å². The third-order valence-electron chi connectivity index (χ3n) is 4.13. The highest BCUT2D eigenvalue weighted by atomic mass is 32.1. The third kappa shape index (κ3) is 2.98. The second-order valence-electron chi connectivity index (χ2n) is 6.26. The standard InChI is InChI=1S/C20H17N3OS/c1-11-8-12(2)18-17(9-11)22-20(25-18)23-19(24)15-6-7-16-14(10-15)5-4-13(3)21-16/h4-10H,1-3H3,(H,22,23,24). The number of carbonyl (C=O) groups is 1. The fraction of sp³-hybridized carbons (Fsp3) is 0.150. The first-order chi connectivity index (χ1) is 12.0. The Morgan fingerprint density at radius 3 is 2.64 bits per heavy atom. The largest absolute Gasteiger partial charge is 0.298 e. The highest BCUT2D eigenvalue weighted by Crippen LogP contribution is 2.30. The Morgan fingerprint density at radius 2 is 1.80 bits per heavy atom. The van der Waals surface area contributed by atoms with E-state index in [2.05, 4.69) is 35.2 Å². The van der Waals surface area contributed by atoms with Crippen LogP contribution in [0.15, 0.2) is 42.5 Å². The van der Waals surface area contributed by atoms with Crippen molar-refractivity contribution >= 4 is 43.5 Å². The van der Waals surface area contributed by atoms with Gasteiger partial charge in [0.2, 0.25) is 0 Å². The number of aryl methyl sites for hydroxylation is 3. The third-order valence-corrected chi connectivity index (χ3v) is 5.25. The molecule has 0 atom stereocenters. The molecule has 0 spiro atoms. The molecule has 0 fully saturated rings. The van der Waals surface area contributed by atoms with Gasteiger partial charge in [-0.2, -0.15) is 0 Å². The molecule has 0 aliphatic carbocycles. The number of hydrogen-bond donors (Lipinski definition) is 1. The molecule has 0 aliphatic heterocycles. The molecular weight excluding hydrogens is 330 g/mol. The van der Waals surface area contributed by atoms with Crippen LogP contribution in [-0.2, 0) is 0 Å². The molecule has 0 saturated carbocycles. The molecule has 2 heterocycles. The van der Waals surface area contributed by atoms with Crippen LogP contribution in [0.4, 0.5) is 5.13 Å². The lowest BCUT2D eigenvalue weighted by Crippen LogP contribution is -2.11. The number of hydrogen-bond acceptors (Lipinski definition) is 4. The normalized spacial score (nSPS) is 11.2. The minimum Gasteiger partial charge on any atom is -0.298 e. The van der Waals surface area contributed by atoms with Gasteiger partial charge in [0.1, 0.15) is 0 Å². The van der Waals surface area contributed by atoms with Crippen LogP contribution in [0, 0.1) is 20.8 Å². The molecule has 0 unspecified atom stereocenters. The molecule has 5 heteroatoms. The fourth-order valence-corrected chi connectivity index (χ4v) is 3.88. The number of rotatable bonds is 2. The van der Waals surface area contributed by atoms with Crippen molar-refractivity contribution in [2.24, 2.45) is 0 Å². The number of carbonyl (C=O) groups excluding carboxylic acids is 1. The van der Waals surface area contributed by atoms with Crippen LogP contribution in [0.5, 0.6) is 0 Å². The highest BCUT2D eigenvalue weighted by Gasteiger charge is 2.12. The van der Waals surface area contributed by atoms with Gasteiger partial charge in [-0.1, -0.05) is 23.5 Å². The van der Waals surface area contributed by atoms with E-state index in [1.165, 1.54) is 22.5 Å². The molecule has 2 aromatic heterocycles. The number of amides is 1. The van der Waals surface area contributed by atoms with Crippen molar-refractivity contribution < 1.29 is 4.79 Å². The summed E-state index contributed by atoms with van der Waals surface area (Å²) in [6.07, 6.45) is 0. The summed E-state index contributed by atoms with van der Waals surface area (Å²) in [5, 5.41) is 4.49. The molecule has 4 nitrogen and oxygen atoms in total. The van der Waals surface area contributed by atoms with Gasteiger partial charge in [0, 0.05) is 16.6 Å². The van der Waals surface area contributed by atoms with Gasteiger partial charge < -0.3 is 0 Å². The number of nitrogens with zero attached hydrogens (tertiary/aromatic N) is 2. The maximum atomic E-state index is 12.6. The van der Waals surface area contributed by atoms with Crippen molar-refractivity contribution in [3.8, 4) is 0 Å². The SMILES string of the molecule is Cc1cc(C)c2sc(NC(=O)c3ccc4nc(C)ccc4c3)nc2c1. The van der Waals surface area contributed by atoms with E-state index in [4.69, 9.17) is 0 Å². The molecule has 2 aromatic carbocycles. The molecule has 0 aliphatic rings. The summed E-state index contributed by atoms with van der Waals surface area (Å²) in [5.74, 6) is -0.157. The number of fused-ring (bicyclic) bond motifs is 2. The summed E-state index contributed by atoms with van der Waals surface area (Å²) in [4.78, 5) is 21.6. The van der Waals surface area contributed by atoms with E-state index >= 15 is 0 Å². The van der Waals surface area contributed by atoms with E-state index in [1.807, 2.05) is 37.3 Å². The molecule has 0 bridgehead atoms.